The molecule has 1 heterocycles. The van der Waals surface area contributed by atoms with E-state index in [9.17, 15) is 33.6 Å². The van der Waals surface area contributed by atoms with E-state index in [0.29, 0.717) is 0 Å². The molecule has 13 nitrogen and oxygen atoms in total. The predicted molar refractivity (Wildman–Crippen MR) is 120 cm³/mol. The molecule has 1 aliphatic rings. The number of carbonyl (C=O) groups is 7. The molecular formula is C20H36N4O9. The Kier molecular flexibility index (Phi) is 19.8. The molecule has 5 amide bonds. The van der Waals surface area contributed by atoms with E-state index in [0.717, 1.165) is 17.1 Å². The van der Waals surface area contributed by atoms with E-state index in [2.05, 4.69) is 16.0 Å². The summed E-state index contributed by atoms with van der Waals surface area (Å²) < 4.78 is 0. The number of amides is 5. The van der Waals surface area contributed by atoms with E-state index in [1.54, 1.807) is 0 Å². The van der Waals surface area contributed by atoms with Crippen molar-refractivity contribution in [1.29, 1.82) is 0 Å². The molecular weight excluding hydrogens is 440 g/mol. The summed E-state index contributed by atoms with van der Waals surface area (Å²) in [6.45, 7) is -1.55. The number of nitrogens with one attached hydrogen (secondary N) is 3. The summed E-state index contributed by atoms with van der Waals surface area (Å²) >= 11 is 0. The van der Waals surface area contributed by atoms with Crippen LogP contribution in [0.25, 0.3) is 0 Å². The Bertz CT molecular complexity index is 732. The lowest BCUT2D eigenvalue weighted by Gasteiger charge is -2.19. The number of carboxylic acid groups (broad SMARTS) is 2. The topological polar surface area (TPSA) is 199 Å². The number of hydrogen-bond acceptors (Lipinski definition) is 7. The summed E-state index contributed by atoms with van der Waals surface area (Å²) in [5.41, 5.74) is 0. The molecule has 5 N–H and O–H groups in total. The van der Waals surface area contributed by atoms with Crippen LogP contribution in [0, 0.1) is 0 Å². The van der Waals surface area contributed by atoms with Gasteiger partial charge >= 0.3 is 11.9 Å². The van der Waals surface area contributed by atoms with Gasteiger partial charge in [-0.1, -0.05) is 29.7 Å². The number of nitrogens with zero attached hydrogens (tertiary/aromatic N) is 1. The van der Waals surface area contributed by atoms with E-state index in [-0.39, 0.29) is 55.5 Å². The Labute approximate surface area is 193 Å². The molecule has 0 saturated heterocycles. The molecule has 0 aromatic rings. The number of aliphatic carboxylic acids is 2. The molecule has 1 aliphatic heterocycles. The minimum atomic E-state index is -1.32. The van der Waals surface area contributed by atoms with Crippen LogP contribution in [-0.4, -0.2) is 82.3 Å². The third-order valence-corrected chi connectivity index (χ3v) is 3.63. The Morgan fingerprint density at radius 1 is 0.788 bits per heavy atom. The van der Waals surface area contributed by atoms with Gasteiger partial charge < -0.3 is 26.2 Å². The van der Waals surface area contributed by atoms with Gasteiger partial charge in [0, 0.05) is 31.5 Å². The largest absolute Gasteiger partial charge is 0.480 e. The highest BCUT2D eigenvalue weighted by Crippen LogP contribution is 2.05. The van der Waals surface area contributed by atoms with E-state index < -0.39 is 60.6 Å². The first-order valence-electron chi connectivity index (χ1n) is 8.41. The molecule has 0 aromatic carbocycles. The third-order valence-electron chi connectivity index (χ3n) is 3.63. The monoisotopic (exact) mass is 476 g/mol. The van der Waals surface area contributed by atoms with Crippen LogP contribution in [0.15, 0.2) is 12.2 Å². The fourth-order valence-electron chi connectivity index (χ4n) is 2.22. The zero-order valence-electron chi connectivity index (χ0n) is 15.2. The summed E-state index contributed by atoms with van der Waals surface area (Å²) in [6.07, 6.45) is 1.25. The van der Waals surface area contributed by atoms with Crippen molar-refractivity contribution in [2.24, 2.45) is 0 Å². The van der Waals surface area contributed by atoms with Crippen molar-refractivity contribution in [3.05, 3.63) is 12.2 Å². The number of hydrogen-bond donors (Lipinski definition) is 5. The highest BCUT2D eigenvalue weighted by Gasteiger charge is 2.26. The first kappa shape index (κ1) is 36.6. The van der Waals surface area contributed by atoms with Gasteiger partial charge in [-0.3, -0.25) is 38.5 Å². The Morgan fingerprint density at radius 2 is 1.27 bits per heavy atom. The van der Waals surface area contributed by atoms with Gasteiger partial charge in [-0.15, -0.1) is 0 Å². The summed E-state index contributed by atoms with van der Waals surface area (Å²) in [7, 11) is 0. The molecule has 33 heavy (non-hydrogen) atoms. The second-order valence-corrected chi connectivity index (χ2v) is 5.85. The van der Waals surface area contributed by atoms with Crippen molar-refractivity contribution < 1.29 is 43.8 Å². The molecule has 0 aromatic heterocycles. The van der Waals surface area contributed by atoms with Gasteiger partial charge in [-0.25, -0.2) is 0 Å². The van der Waals surface area contributed by atoms with Gasteiger partial charge in [0.15, 0.2) is 0 Å². The summed E-state index contributed by atoms with van der Waals surface area (Å²) in [4.78, 5) is 80.5. The van der Waals surface area contributed by atoms with Crippen LogP contribution in [0.4, 0.5) is 0 Å². The summed E-state index contributed by atoms with van der Waals surface area (Å²) in [5, 5.41) is 23.6. The number of imide groups is 1. The van der Waals surface area contributed by atoms with Gasteiger partial charge in [0.25, 0.3) is 11.8 Å². The molecule has 0 aliphatic carbocycles. The quantitative estimate of drug-likeness (QED) is 0.231. The van der Waals surface area contributed by atoms with Crippen molar-refractivity contribution in [2.75, 3.05) is 19.6 Å². The van der Waals surface area contributed by atoms with Crippen molar-refractivity contribution in [3.8, 4) is 0 Å². The molecule has 0 bridgehead atoms. The molecule has 190 valence electrons. The first-order valence-corrected chi connectivity index (χ1v) is 8.41. The standard InChI is InChI=1S/C16H20N4O9.4CH4/c21-10(17-7-14(25)26)2-1-9(16(29)18-8-15(27)28)19-11(22)5-6-20-12(23)3-4-13(20)24;;;;/h3-4,9H,1-2,5-8H2,(H,17,21)(H,18,29)(H,19,22)(H,25,26)(H,27,28);4*1H4. The maximum atomic E-state index is 12.1. The maximum Gasteiger partial charge on any atom is 0.322 e. The lowest BCUT2D eigenvalue weighted by Crippen LogP contribution is -2.49. The molecule has 1 unspecified atom stereocenters. The van der Waals surface area contributed by atoms with Crippen molar-refractivity contribution in [1.82, 2.24) is 20.9 Å². The average Bonchev–Trinajstić information content (AvgIpc) is 2.97. The zero-order valence-corrected chi connectivity index (χ0v) is 15.2. The normalized spacial score (nSPS) is 12.1. The number of carboxylic acids is 2. The molecule has 0 radical (unpaired) electrons. The van der Waals surface area contributed by atoms with Crippen LogP contribution in [-0.2, 0) is 33.6 Å². The molecule has 1 rings (SSSR count). The van der Waals surface area contributed by atoms with E-state index in [1.807, 2.05) is 0 Å². The molecule has 0 saturated carbocycles. The highest BCUT2D eigenvalue weighted by molar-refractivity contribution is 6.13. The van der Waals surface area contributed by atoms with Crippen LogP contribution in [0.3, 0.4) is 0 Å². The fraction of sp³-hybridized carbons (Fsp3) is 0.550. The Balaban J connectivity index is -0.00000105. The van der Waals surface area contributed by atoms with Gasteiger partial charge in [0.1, 0.15) is 19.1 Å². The van der Waals surface area contributed by atoms with Crippen molar-refractivity contribution in [3.63, 3.8) is 0 Å². The number of carbonyl (C=O) groups excluding carboxylic acids is 5. The van der Waals surface area contributed by atoms with Gasteiger partial charge in [0.05, 0.1) is 0 Å². The SMILES string of the molecule is C.C.C.C.O=C(O)CNC(=O)CCC(NC(=O)CCN1C(=O)C=CC1=O)C(=O)NCC(=O)O. The maximum absolute atomic E-state index is 12.1. The minimum Gasteiger partial charge on any atom is -0.480 e. The van der Waals surface area contributed by atoms with Crippen molar-refractivity contribution >= 4 is 41.5 Å². The predicted octanol–water partition coefficient (Wildman–Crippen LogP) is -0.487. The Morgan fingerprint density at radius 3 is 1.76 bits per heavy atom. The lowest BCUT2D eigenvalue weighted by atomic mass is 10.1. The highest BCUT2D eigenvalue weighted by atomic mass is 16.4. The summed E-state index contributed by atoms with van der Waals surface area (Å²) in [5.74, 6) is -5.98. The third kappa shape index (κ3) is 14.0. The zero-order chi connectivity index (χ0) is 22.0. The van der Waals surface area contributed by atoms with Crippen molar-refractivity contribution in [2.45, 2.75) is 55.0 Å². The summed E-state index contributed by atoms with van der Waals surface area (Å²) in [6, 6.07) is -1.28. The van der Waals surface area contributed by atoms with Crippen LogP contribution in [0.1, 0.15) is 49.0 Å². The molecule has 1 atom stereocenters. The second-order valence-electron chi connectivity index (χ2n) is 5.85. The molecule has 0 fully saturated rings. The smallest absolute Gasteiger partial charge is 0.322 e. The van der Waals surface area contributed by atoms with Gasteiger partial charge in [0.2, 0.25) is 17.7 Å². The van der Waals surface area contributed by atoms with Crippen LogP contribution in [0.5, 0.6) is 0 Å². The van der Waals surface area contributed by atoms with E-state index >= 15 is 0 Å². The van der Waals surface area contributed by atoms with Crippen LogP contribution in [0.2, 0.25) is 0 Å². The first-order chi connectivity index (χ1) is 13.6. The molecule has 13 heteroatoms. The Hall–Kier alpha value is -3.77. The van der Waals surface area contributed by atoms with Gasteiger partial charge in [-0.2, -0.15) is 0 Å². The second kappa shape index (κ2) is 17.9. The van der Waals surface area contributed by atoms with E-state index in [4.69, 9.17) is 10.2 Å². The van der Waals surface area contributed by atoms with Crippen LogP contribution >= 0.6 is 0 Å². The number of rotatable bonds is 12. The molecule has 0 spiro atoms. The minimum absolute atomic E-state index is 0. The lowest BCUT2D eigenvalue weighted by molar-refractivity contribution is -0.138. The van der Waals surface area contributed by atoms with Gasteiger partial charge in [-0.05, 0) is 6.42 Å². The van der Waals surface area contributed by atoms with Crippen LogP contribution < -0.4 is 16.0 Å². The van der Waals surface area contributed by atoms with E-state index in [1.165, 1.54) is 0 Å². The average molecular weight is 477 g/mol. The fourth-order valence-corrected chi connectivity index (χ4v) is 2.22.